The fourth-order valence-electron chi connectivity index (χ4n) is 2.40. The molecule has 4 rings (SSSR count). The van der Waals surface area contributed by atoms with E-state index in [2.05, 4.69) is 36.0 Å². The van der Waals surface area contributed by atoms with Gasteiger partial charge in [0.2, 0.25) is 0 Å². The van der Waals surface area contributed by atoms with Gasteiger partial charge in [-0.05, 0) is 22.0 Å². The summed E-state index contributed by atoms with van der Waals surface area (Å²) in [6, 6.07) is 2.40. The first kappa shape index (κ1) is 11.0. The lowest BCUT2D eigenvalue weighted by Crippen LogP contribution is -2.48. The molecule has 0 N–H and O–H groups in total. The highest BCUT2D eigenvalue weighted by molar-refractivity contribution is 9.10. The summed E-state index contributed by atoms with van der Waals surface area (Å²) in [5, 5.41) is 8.55. The Balaban J connectivity index is 1.58. The van der Waals surface area contributed by atoms with Crippen LogP contribution in [0.25, 0.3) is 5.52 Å². The Labute approximate surface area is 117 Å². The van der Waals surface area contributed by atoms with Gasteiger partial charge < -0.3 is 4.90 Å². The predicted octanol–water partition coefficient (Wildman–Crippen LogP) is 1.75. The number of fused-ring (bicyclic) bond motifs is 1. The molecule has 3 aromatic heterocycles. The lowest BCUT2D eigenvalue weighted by atomic mass is 10.1. The number of rotatable bonds is 2. The first-order valence-electron chi connectivity index (χ1n) is 6.04. The summed E-state index contributed by atoms with van der Waals surface area (Å²) in [7, 11) is 0. The second-order valence-corrected chi connectivity index (χ2v) is 5.52. The smallest absolute Gasteiger partial charge is 0.154 e. The molecule has 0 atom stereocenters. The van der Waals surface area contributed by atoms with Gasteiger partial charge in [0.1, 0.15) is 5.52 Å². The van der Waals surface area contributed by atoms with Gasteiger partial charge >= 0.3 is 0 Å². The summed E-state index contributed by atoms with van der Waals surface area (Å²) in [6.45, 7) is 1.85. The van der Waals surface area contributed by atoms with Gasteiger partial charge in [-0.3, -0.25) is 4.68 Å². The Hall–Kier alpha value is -1.89. The number of hydrogen-bond acceptors (Lipinski definition) is 4. The van der Waals surface area contributed by atoms with Crippen LogP contribution in [-0.2, 0) is 0 Å². The van der Waals surface area contributed by atoms with Crippen molar-refractivity contribution in [2.24, 2.45) is 0 Å². The first-order chi connectivity index (χ1) is 9.31. The fourth-order valence-corrected chi connectivity index (χ4v) is 2.70. The minimum absolute atomic E-state index is 0.413. The minimum Gasteiger partial charge on any atom is -0.350 e. The average Bonchev–Trinajstić information content (AvgIpc) is 2.96. The van der Waals surface area contributed by atoms with Crippen LogP contribution in [0.5, 0.6) is 0 Å². The Kier molecular flexibility index (Phi) is 2.34. The van der Waals surface area contributed by atoms with Crippen molar-refractivity contribution >= 4 is 27.3 Å². The highest BCUT2D eigenvalue weighted by Gasteiger charge is 2.30. The maximum Gasteiger partial charge on any atom is 0.154 e. The van der Waals surface area contributed by atoms with Gasteiger partial charge in [-0.25, -0.2) is 9.50 Å². The lowest BCUT2D eigenvalue weighted by molar-refractivity contribution is 0.366. The molecule has 0 radical (unpaired) electrons. The second kappa shape index (κ2) is 4.06. The third-order valence-corrected chi connectivity index (χ3v) is 3.82. The van der Waals surface area contributed by atoms with Crippen molar-refractivity contribution in [3.8, 4) is 0 Å². The highest BCUT2D eigenvalue weighted by Crippen LogP contribution is 2.29. The summed E-state index contributed by atoms with van der Waals surface area (Å²) < 4.78 is 4.86. The van der Waals surface area contributed by atoms with Gasteiger partial charge in [0.05, 0.1) is 22.9 Å². The monoisotopic (exact) mass is 318 g/mol. The number of aromatic nitrogens is 5. The summed E-state index contributed by atoms with van der Waals surface area (Å²) in [5.74, 6) is 0.988. The molecule has 1 aliphatic heterocycles. The molecule has 4 heterocycles. The Morgan fingerprint density at radius 1 is 1.21 bits per heavy atom. The quantitative estimate of drug-likeness (QED) is 0.722. The van der Waals surface area contributed by atoms with Gasteiger partial charge in [0, 0.05) is 31.7 Å². The molecule has 3 aromatic rings. The van der Waals surface area contributed by atoms with Crippen molar-refractivity contribution in [3.05, 3.63) is 41.5 Å². The molecule has 0 amide bonds. The molecule has 6 nitrogen and oxygen atoms in total. The third kappa shape index (κ3) is 1.73. The molecule has 19 heavy (non-hydrogen) atoms. The molecular formula is C12H11BrN6. The Morgan fingerprint density at radius 3 is 2.89 bits per heavy atom. The van der Waals surface area contributed by atoms with E-state index < -0.39 is 0 Å². The van der Waals surface area contributed by atoms with Gasteiger partial charge in [0.15, 0.2) is 5.82 Å². The van der Waals surface area contributed by atoms with E-state index in [4.69, 9.17) is 0 Å². The molecule has 1 aliphatic rings. The summed E-state index contributed by atoms with van der Waals surface area (Å²) in [5.41, 5.74) is 1.04. The van der Waals surface area contributed by atoms with Crippen molar-refractivity contribution in [3.63, 3.8) is 0 Å². The zero-order valence-corrected chi connectivity index (χ0v) is 11.6. The largest absolute Gasteiger partial charge is 0.350 e. The molecule has 0 spiro atoms. The zero-order valence-electron chi connectivity index (χ0n) is 10.0. The molecule has 0 saturated carbocycles. The first-order valence-corrected chi connectivity index (χ1v) is 6.83. The molecular weight excluding hydrogens is 308 g/mol. The number of nitrogens with zero attached hydrogens (tertiary/aromatic N) is 6. The standard InChI is InChI=1S/C12H11BrN6/c13-9-5-16-19(6-9)10-7-17(8-10)12-11-1-2-15-18(11)4-3-14-12/h1-6,10H,7-8H2. The van der Waals surface area contributed by atoms with Gasteiger partial charge in [-0.2, -0.15) is 10.2 Å². The summed E-state index contributed by atoms with van der Waals surface area (Å²) >= 11 is 3.42. The van der Waals surface area contributed by atoms with Gasteiger partial charge in [0.25, 0.3) is 0 Å². The van der Waals surface area contributed by atoms with Crippen LogP contribution in [0.3, 0.4) is 0 Å². The maximum absolute atomic E-state index is 4.46. The molecule has 0 bridgehead atoms. The summed E-state index contributed by atoms with van der Waals surface area (Å²) in [4.78, 5) is 6.71. The van der Waals surface area contributed by atoms with E-state index >= 15 is 0 Å². The SMILES string of the molecule is Brc1cnn(C2CN(c3nccn4nccc34)C2)c1. The van der Waals surface area contributed by atoms with E-state index in [1.807, 2.05) is 33.9 Å². The van der Waals surface area contributed by atoms with Crippen LogP contribution in [0.4, 0.5) is 5.82 Å². The van der Waals surface area contributed by atoms with Crippen molar-refractivity contribution in [1.29, 1.82) is 0 Å². The van der Waals surface area contributed by atoms with Crippen LogP contribution >= 0.6 is 15.9 Å². The lowest BCUT2D eigenvalue weighted by Gasteiger charge is -2.40. The Morgan fingerprint density at radius 2 is 2.11 bits per heavy atom. The van der Waals surface area contributed by atoms with E-state index in [9.17, 15) is 0 Å². The van der Waals surface area contributed by atoms with Crippen molar-refractivity contribution in [1.82, 2.24) is 24.4 Å². The molecule has 0 aromatic carbocycles. The van der Waals surface area contributed by atoms with Crippen molar-refractivity contribution in [2.75, 3.05) is 18.0 Å². The zero-order chi connectivity index (χ0) is 12.8. The maximum atomic E-state index is 4.46. The molecule has 1 fully saturated rings. The molecule has 0 unspecified atom stereocenters. The molecule has 0 aliphatic carbocycles. The van der Waals surface area contributed by atoms with E-state index in [0.717, 1.165) is 28.9 Å². The molecule has 96 valence electrons. The van der Waals surface area contributed by atoms with Crippen LogP contribution in [0, 0.1) is 0 Å². The van der Waals surface area contributed by atoms with E-state index in [-0.39, 0.29) is 0 Å². The average molecular weight is 319 g/mol. The predicted molar refractivity (Wildman–Crippen MR) is 74.2 cm³/mol. The van der Waals surface area contributed by atoms with Crippen LogP contribution < -0.4 is 4.90 Å². The Bertz CT molecular complexity index is 726. The van der Waals surface area contributed by atoms with Crippen LogP contribution in [0.15, 0.2) is 41.5 Å². The van der Waals surface area contributed by atoms with Gasteiger partial charge in [-0.1, -0.05) is 0 Å². The van der Waals surface area contributed by atoms with E-state index in [1.54, 1.807) is 12.4 Å². The fraction of sp³-hybridized carbons (Fsp3) is 0.250. The molecule has 1 saturated heterocycles. The van der Waals surface area contributed by atoms with E-state index in [1.165, 1.54) is 0 Å². The number of hydrogen-bond donors (Lipinski definition) is 0. The number of halogens is 1. The topological polar surface area (TPSA) is 51.2 Å². The van der Waals surface area contributed by atoms with Crippen LogP contribution in [0.2, 0.25) is 0 Å². The van der Waals surface area contributed by atoms with E-state index in [0.29, 0.717) is 6.04 Å². The highest BCUT2D eigenvalue weighted by atomic mass is 79.9. The van der Waals surface area contributed by atoms with Crippen molar-refractivity contribution < 1.29 is 0 Å². The van der Waals surface area contributed by atoms with Crippen LogP contribution in [0.1, 0.15) is 6.04 Å². The second-order valence-electron chi connectivity index (χ2n) is 4.61. The minimum atomic E-state index is 0.413. The number of anilines is 1. The molecule has 7 heteroatoms. The third-order valence-electron chi connectivity index (χ3n) is 3.41. The van der Waals surface area contributed by atoms with Crippen molar-refractivity contribution in [2.45, 2.75) is 6.04 Å². The summed E-state index contributed by atoms with van der Waals surface area (Å²) in [6.07, 6.45) is 9.27. The van der Waals surface area contributed by atoms with Crippen LogP contribution in [-0.4, -0.2) is 37.5 Å². The van der Waals surface area contributed by atoms with Gasteiger partial charge in [-0.15, -0.1) is 0 Å². The normalized spacial score (nSPS) is 15.9.